The summed E-state index contributed by atoms with van der Waals surface area (Å²) in [6, 6.07) is 6.39. The predicted octanol–water partition coefficient (Wildman–Crippen LogP) is 2.68. The molecule has 0 aliphatic heterocycles. The molecule has 0 aliphatic carbocycles. The molecule has 0 saturated heterocycles. The number of primary amides is 1. The van der Waals surface area contributed by atoms with Crippen LogP contribution in [0.15, 0.2) is 29.1 Å². The number of nitrogens with two attached hydrogens (primary N) is 1. The molecule has 25 heavy (non-hydrogen) atoms. The van der Waals surface area contributed by atoms with Gasteiger partial charge < -0.3 is 5.73 Å². The molecule has 1 amide bonds. The van der Waals surface area contributed by atoms with Crippen LogP contribution in [-0.4, -0.2) is 15.5 Å². The molecule has 2 heterocycles. The number of aromatic nitrogens is 2. The zero-order chi connectivity index (χ0) is 18.1. The van der Waals surface area contributed by atoms with Gasteiger partial charge in [-0.15, -0.1) is 11.3 Å². The number of aryl methyl sites for hydroxylation is 2. The Morgan fingerprint density at radius 3 is 2.72 bits per heavy atom. The van der Waals surface area contributed by atoms with Crippen LogP contribution in [-0.2, 0) is 17.8 Å². The third-order valence-corrected chi connectivity index (χ3v) is 5.36. The summed E-state index contributed by atoms with van der Waals surface area (Å²) in [5.41, 5.74) is 6.36. The van der Waals surface area contributed by atoms with E-state index in [4.69, 9.17) is 5.73 Å². The summed E-state index contributed by atoms with van der Waals surface area (Å²) in [4.78, 5) is 30.4. The van der Waals surface area contributed by atoms with Crippen molar-refractivity contribution in [3.63, 3.8) is 0 Å². The first-order valence-corrected chi connectivity index (χ1v) is 8.71. The first-order chi connectivity index (χ1) is 11.9. The van der Waals surface area contributed by atoms with Gasteiger partial charge in [0.2, 0.25) is 5.91 Å². The number of thiophene rings is 1. The minimum Gasteiger partial charge on any atom is -0.370 e. The second-order valence-corrected chi connectivity index (χ2v) is 7.14. The molecule has 0 spiro atoms. The second kappa shape index (κ2) is 6.76. The SMILES string of the molecule is Cc1sc2nc(Cc3ccccc3F)n(CCC(N)=O)c(=O)c2c1C. The van der Waals surface area contributed by atoms with E-state index >= 15 is 0 Å². The molecule has 2 aromatic heterocycles. The van der Waals surface area contributed by atoms with E-state index in [1.807, 2.05) is 13.8 Å². The third-order valence-electron chi connectivity index (χ3n) is 4.26. The zero-order valence-corrected chi connectivity index (χ0v) is 14.8. The number of benzene rings is 1. The van der Waals surface area contributed by atoms with Crippen molar-refractivity contribution < 1.29 is 9.18 Å². The highest BCUT2D eigenvalue weighted by molar-refractivity contribution is 7.18. The van der Waals surface area contributed by atoms with Crippen molar-refractivity contribution in [3.05, 3.63) is 62.3 Å². The molecule has 3 rings (SSSR count). The highest BCUT2D eigenvalue weighted by Crippen LogP contribution is 2.27. The van der Waals surface area contributed by atoms with E-state index in [0.717, 1.165) is 10.4 Å². The van der Waals surface area contributed by atoms with E-state index in [2.05, 4.69) is 4.98 Å². The molecule has 2 N–H and O–H groups in total. The van der Waals surface area contributed by atoms with Crippen molar-refractivity contribution >= 4 is 27.5 Å². The molecule has 0 bridgehead atoms. The number of amides is 1. The molecule has 130 valence electrons. The Morgan fingerprint density at radius 1 is 1.32 bits per heavy atom. The van der Waals surface area contributed by atoms with Crippen LogP contribution in [0.4, 0.5) is 4.39 Å². The van der Waals surface area contributed by atoms with Crippen molar-refractivity contribution in [2.24, 2.45) is 5.73 Å². The van der Waals surface area contributed by atoms with Crippen LogP contribution in [0.25, 0.3) is 10.2 Å². The molecule has 0 radical (unpaired) electrons. The van der Waals surface area contributed by atoms with Gasteiger partial charge in [-0.05, 0) is 31.0 Å². The van der Waals surface area contributed by atoms with Gasteiger partial charge in [-0.2, -0.15) is 0 Å². The van der Waals surface area contributed by atoms with E-state index in [0.29, 0.717) is 21.6 Å². The van der Waals surface area contributed by atoms with E-state index in [1.54, 1.807) is 18.2 Å². The third kappa shape index (κ3) is 3.32. The fourth-order valence-electron chi connectivity index (χ4n) is 2.77. The van der Waals surface area contributed by atoms with Crippen LogP contribution >= 0.6 is 11.3 Å². The number of nitrogens with zero attached hydrogens (tertiary/aromatic N) is 2. The summed E-state index contributed by atoms with van der Waals surface area (Å²) >= 11 is 1.45. The lowest BCUT2D eigenvalue weighted by Gasteiger charge is -2.12. The standard InChI is InChI=1S/C18H18FN3O2S/c1-10-11(2)25-17-16(10)18(24)22(8-7-14(20)23)15(21-17)9-12-5-3-4-6-13(12)19/h3-6H,7-9H2,1-2H3,(H2,20,23). The summed E-state index contributed by atoms with van der Waals surface area (Å²) < 4.78 is 15.5. The van der Waals surface area contributed by atoms with Crippen LogP contribution in [0.3, 0.4) is 0 Å². The summed E-state index contributed by atoms with van der Waals surface area (Å²) in [6.07, 6.45) is 0.201. The van der Waals surface area contributed by atoms with Crippen molar-refractivity contribution in [1.82, 2.24) is 9.55 Å². The van der Waals surface area contributed by atoms with Crippen LogP contribution < -0.4 is 11.3 Å². The predicted molar refractivity (Wildman–Crippen MR) is 96.4 cm³/mol. The monoisotopic (exact) mass is 359 g/mol. The van der Waals surface area contributed by atoms with Gasteiger partial charge in [0.1, 0.15) is 16.5 Å². The highest BCUT2D eigenvalue weighted by atomic mass is 32.1. The van der Waals surface area contributed by atoms with Crippen molar-refractivity contribution in [2.75, 3.05) is 0 Å². The van der Waals surface area contributed by atoms with Crippen LogP contribution in [0, 0.1) is 19.7 Å². The van der Waals surface area contributed by atoms with E-state index in [-0.39, 0.29) is 30.8 Å². The molecule has 0 atom stereocenters. The first kappa shape index (κ1) is 17.3. The first-order valence-electron chi connectivity index (χ1n) is 7.89. The average Bonchev–Trinajstić information content (AvgIpc) is 2.83. The number of fused-ring (bicyclic) bond motifs is 1. The normalized spacial score (nSPS) is 11.2. The molecule has 0 fully saturated rings. The number of halogens is 1. The van der Waals surface area contributed by atoms with Crippen LogP contribution in [0.5, 0.6) is 0 Å². The van der Waals surface area contributed by atoms with Crippen molar-refractivity contribution in [1.29, 1.82) is 0 Å². The van der Waals surface area contributed by atoms with Crippen molar-refractivity contribution in [3.8, 4) is 0 Å². The number of rotatable bonds is 5. The lowest BCUT2D eigenvalue weighted by atomic mass is 10.1. The van der Waals surface area contributed by atoms with Gasteiger partial charge in [0, 0.05) is 24.3 Å². The Bertz CT molecular complexity index is 1020. The Labute approximate surface area is 147 Å². The van der Waals surface area contributed by atoms with Gasteiger partial charge in [-0.3, -0.25) is 14.2 Å². The fraction of sp³-hybridized carbons (Fsp3) is 0.278. The molecule has 0 unspecified atom stereocenters. The molecule has 3 aromatic rings. The zero-order valence-electron chi connectivity index (χ0n) is 14.0. The molecular weight excluding hydrogens is 341 g/mol. The van der Waals surface area contributed by atoms with Crippen molar-refractivity contribution in [2.45, 2.75) is 33.2 Å². The maximum absolute atomic E-state index is 14.0. The van der Waals surface area contributed by atoms with Gasteiger partial charge in [-0.1, -0.05) is 18.2 Å². The second-order valence-electron chi connectivity index (χ2n) is 5.93. The average molecular weight is 359 g/mol. The highest BCUT2D eigenvalue weighted by Gasteiger charge is 2.17. The van der Waals surface area contributed by atoms with Crippen LogP contribution in [0.1, 0.15) is 28.2 Å². The Kier molecular flexibility index (Phi) is 4.67. The minimum absolute atomic E-state index is 0.0273. The smallest absolute Gasteiger partial charge is 0.262 e. The molecule has 7 heteroatoms. The maximum Gasteiger partial charge on any atom is 0.262 e. The van der Waals surface area contributed by atoms with E-state index < -0.39 is 5.91 Å². The number of hydrogen-bond donors (Lipinski definition) is 1. The van der Waals surface area contributed by atoms with Gasteiger partial charge in [0.25, 0.3) is 5.56 Å². The van der Waals surface area contributed by atoms with Gasteiger partial charge >= 0.3 is 0 Å². The van der Waals surface area contributed by atoms with Gasteiger partial charge in [0.15, 0.2) is 0 Å². The Balaban J connectivity index is 2.18. The largest absolute Gasteiger partial charge is 0.370 e. The summed E-state index contributed by atoms with van der Waals surface area (Å²) in [6.45, 7) is 3.95. The number of hydrogen-bond acceptors (Lipinski definition) is 4. The Morgan fingerprint density at radius 2 is 2.04 bits per heavy atom. The lowest BCUT2D eigenvalue weighted by molar-refractivity contribution is -0.118. The molecule has 5 nitrogen and oxygen atoms in total. The topological polar surface area (TPSA) is 78.0 Å². The molecule has 0 aliphatic rings. The van der Waals surface area contributed by atoms with Gasteiger partial charge in [0.05, 0.1) is 5.39 Å². The molecule has 0 saturated carbocycles. The molecule has 1 aromatic carbocycles. The number of carbonyl (C=O) groups excluding carboxylic acids is 1. The molecular formula is C18H18FN3O2S. The van der Waals surface area contributed by atoms with Crippen LogP contribution in [0.2, 0.25) is 0 Å². The maximum atomic E-state index is 14.0. The van der Waals surface area contributed by atoms with E-state index in [9.17, 15) is 14.0 Å². The summed E-state index contributed by atoms with van der Waals surface area (Å²) in [5, 5.41) is 0.559. The fourth-order valence-corrected chi connectivity index (χ4v) is 3.81. The Hall–Kier alpha value is -2.54. The lowest BCUT2D eigenvalue weighted by Crippen LogP contribution is -2.28. The summed E-state index contributed by atoms with van der Waals surface area (Å²) in [5.74, 6) is -0.413. The number of carbonyl (C=O) groups is 1. The minimum atomic E-state index is -0.498. The summed E-state index contributed by atoms with van der Waals surface area (Å²) in [7, 11) is 0. The van der Waals surface area contributed by atoms with E-state index in [1.165, 1.54) is 22.0 Å². The quantitative estimate of drug-likeness (QED) is 0.761. The van der Waals surface area contributed by atoms with Gasteiger partial charge in [-0.25, -0.2) is 9.37 Å².